The van der Waals surface area contributed by atoms with Gasteiger partial charge in [0.1, 0.15) is 5.60 Å². The SMILES string of the molecule is CC(n1c(-c2ccccc2)cc2ccccc21)C(C)(C)OC(N)=O. The molecule has 2 aromatic carbocycles. The number of hydrogen-bond acceptors (Lipinski definition) is 2. The molecule has 4 heteroatoms. The molecule has 124 valence electrons. The van der Waals surface area contributed by atoms with Gasteiger partial charge >= 0.3 is 6.09 Å². The summed E-state index contributed by atoms with van der Waals surface area (Å²) in [7, 11) is 0. The molecule has 1 amide bonds. The van der Waals surface area contributed by atoms with Crippen LogP contribution in [0, 0.1) is 0 Å². The molecule has 0 bridgehead atoms. The third-order valence-electron chi connectivity index (χ3n) is 4.57. The Morgan fingerprint density at radius 2 is 1.71 bits per heavy atom. The average molecular weight is 322 g/mol. The zero-order valence-corrected chi connectivity index (χ0v) is 14.2. The number of amides is 1. The molecule has 1 heterocycles. The van der Waals surface area contributed by atoms with Crippen LogP contribution in [0.5, 0.6) is 0 Å². The molecule has 0 aliphatic heterocycles. The number of rotatable bonds is 4. The molecular formula is C20H22N2O2. The second-order valence-electron chi connectivity index (χ2n) is 6.52. The minimum absolute atomic E-state index is 0.0971. The quantitative estimate of drug-likeness (QED) is 0.754. The van der Waals surface area contributed by atoms with Crippen molar-refractivity contribution in [2.24, 2.45) is 5.73 Å². The summed E-state index contributed by atoms with van der Waals surface area (Å²) in [6, 6.07) is 20.5. The fourth-order valence-electron chi connectivity index (χ4n) is 3.08. The van der Waals surface area contributed by atoms with Gasteiger partial charge in [0.2, 0.25) is 0 Å². The summed E-state index contributed by atoms with van der Waals surface area (Å²) < 4.78 is 7.60. The van der Waals surface area contributed by atoms with Gasteiger partial charge in [-0.1, -0.05) is 48.5 Å². The van der Waals surface area contributed by atoms with Crippen LogP contribution >= 0.6 is 0 Å². The number of carbonyl (C=O) groups is 1. The standard InChI is InChI=1S/C20H22N2O2/c1-14(20(2,3)24-19(21)23)22-17-12-8-7-11-16(17)13-18(22)15-9-5-4-6-10-15/h4-14H,1-3H3,(H2,21,23). The first-order valence-electron chi connectivity index (χ1n) is 8.04. The molecule has 1 aromatic heterocycles. The summed E-state index contributed by atoms with van der Waals surface area (Å²) in [6.45, 7) is 5.81. The van der Waals surface area contributed by atoms with Crippen LogP contribution in [0.2, 0.25) is 0 Å². The van der Waals surface area contributed by atoms with E-state index in [9.17, 15) is 4.79 Å². The first kappa shape index (κ1) is 16.1. The van der Waals surface area contributed by atoms with Crippen LogP contribution in [0.15, 0.2) is 60.7 Å². The van der Waals surface area contributed by atoms with Crippen molar-refractivity contribution < 1.29 is 9.53 Å². The van der Waals surface area contributed by atoms with Crippen LogP contribution in [-0.4, -0.2) is 16.3 Å². The maximum atomic E-state index is 11.3. The summed E-state index contributed by atoms with van der Waals surface area (Å²) in [6.07, 6.45) is -0.760. The molecule has 0 aliphatic rings. The number of nitrogens with zero attached hydrogens (tertiary/aromatic N) is 1. The molecule has 0 fully saturated rings. The van der Waals surface area contributed by atoms with E-state index in [0.717, 1.165) is 22.2 Å². The lowest BCUT2D eigenvalue weighted by molar-refractivity contribution is 0.0110. The van der Waals surface area contributed by atoms with E-state index in [-0.39, 0.29) is 6.04 Å². The first-order valence-corrected chi connectivity index (χ1v) is 8.04. The van der Waals surface area contributed by atoms with E-state index < -0.39 is 11.7 Å². The molecule has 0 saturated carbocycles. The van der Waals surface area contributed by atoms with E-state index in [2.05, 4.69) is 34.9 Å². The summed E-state index contributed by atoms with van der Waals surface area (Å²) in [5.41, 5.74) is 7.83. The van der Waals surface area contributed by atoms with Gasteiger partial charge in [-0.25, -0.2) is 4.79 Å². The molecule has 3 aromatic rings. The second kappa shape index (κ2) is 6.04. The van der Waals surface area contributed by atoms with Gasteiger partial charge in [0.15, 0.2) is 0 Å². The number of benzene rings is 2. The molecule has 0 radical (unpaired) electrons. The van der Waals surface area contributed by atoms with E-state index in [1.54, 1.807) is 0 Å². The Morgan fingerprint density at radius 3 is 2.38 bits per heavy atom. The zero-order valence-electron chi connectivity index (χ0n) is 14.2. The summed E-state index contributed by atoms with van der Waals surface area (Å²) in [5, 5.41) is 1.15. The van der Waals surface area contributed by atoms with E-state index in [0.29, 0.717) is 0 Å². The predicted octanol–water partition coefficient (Wildman–Crippen LogP) is 4.74. The van der Waals surface area contributed by atoms with E-state index in [1.165, 1.54) is 0 Å². The van der Waals surface area contributed by atoms with Crippen LogP contribution in [0.3, 0.4) is 0 Å². The van der Waals surface area contributed by atoms with Crippen LogP contribution in [0.4, 0.5) is 4.79 Å². The van der Waals surface area contributed by atoms with Crippen LogP contribution in [0.25, 0.3) is 22.2 Å². The normalized spacial score (nSPS) is 13.0. The zero-order chi connectivity index (χ0) is 17.3. The van der Waals surface area contributed by atoms with Crippen LogP contribution < -0.4 is 5.73 Å². The highest BCUT2D eigenvalue weighted by Crippen LogP contribution is 2.36. The Kier molecular flexibility index (Phi) is 4.06. The lowest BCUT2D eigenvalue weighted by Crippen LogP contribution is -2.38. The van der Waals surface area contributed by atoms with Crippen molar-refractivity contribution in [2.75, 3.05) is 0 Å². The first-order chi connectivity index (χ1) is 11.4. The molecule has 0 saturated heterocycles. The largest absolute Gasteiger partial charge is 0.441 e. The van der Waals surface area contributed by atoms with Crippen molar-refractivity contribution in [2.45, 2.75) is 32.4 Å². The summed E-state index contributed by atoms with van der Waals surface area (Å²) in [4.78, 5) is 11.3. The van der Waals surface area contributed by atoms with Gasteiger partial charge in [-0.3, -0.25) is 0 Å². The van der Waals surface area contributed by atoms with Crippen LogP contribution in [0.1, 0.15) is 26.8 Å². The number of primary amides is 1. The third-order valence-corrected chi connectivity index (χ3v) is 4.57. The van der Waals surface area contributed by atoms with Crippen molar-refractivity contribution in [1.29, 1.82) is 0 Å². The predicted molar refractivity (Wildman–Crippen MR) is 96.8 cm³/mol. The number of fused-ring (bicyclic) bond motifs is 1. The minimum Gasteiger partial charge on any atom is -0.441 e. The van der Waals surface area contributed by atoms with E-state index in [4.69, 9.17) is 10.5 Å². The van der Waals surface area contributed by atoms with Gasteiger partial charge in [0.05, 0.1) is 6.04 Å². The highest BCUT2D eigenvalue weighted by Gasteiger charge is 2.33. The number of nitrogens with two attached hydrogens (primary N) is 1. The molecule has 3 rings (SSSR count). The van der Waals surface area contributed by atoms with Gasteiger partial charge < -0.3 is 15.0 Å². The number of hydrogen-bond donors (Lipinski definition) is 1. The highest BCUT2D eigenvalue weighted by atomic mass is 16.6. The minimum atomic E-state index is -0.760. The van der Waals surface area contributed by atoms with Crippen molar-refractivity contribution in [3.8, 4) is 11.3 Å². The Morgan fingerprint density at radius 1 is 1.08 bits per heavy atom. The molecule has 0 spiro atoms. The molecular weight excluding hydrogens is 300 g/mol. The van der Waals surface area contributed by atoms with Gasteiger partial charge in [0, 0.05) is 16.6 Å². The van der Waals surface area contributed by atoms with E-state index >= 15 is 0 Å². The molecule has 0 aliphatic carbocycles. The third kappa shape index (κ3) is 2.87. The molecule has 4 nitrogen and oxygen atoms in total. The topological polar surface area (TPSA) is 57.2 Å². The fraction of sp³-hybridized carbons (Fsp3) is 0.250. The van der Waals surface area contributed by atoms with Gasteiger partial charge in [-0.05, 0) is 38.5 Å². The van der Waals surface area contributed by atoms with E-state index in [1.807, 2.05) is 51.1 Å². The lowest BCUT2D eigenvalue weighted by Gasteiger charge is -2.33. The second-order valence-corrected chi connectivity index (χ2v) is 6.52. The number of carbonyl (C=O) groups excluding carboxylic acids is 1. The Balaban J connectivity index is 2.20. The maximum absolute atomic E-state index is 11.3. The lowest BCUT2D eigenvalue weighted by atomic mass is 9.99. The molecule has 1 unspecified atom stereocenters. The van der Waals surface area contributed by atoms with Gasteiger partial charge in [-0.15, -0.1) is 0 Å². The fourth-order valence-corrected chi connectivity index (χ4v) is 3.08. The average Bonchev–Trinajstić information content (AvgIpc) is 2.93. The maximum Gasteiger partial charge on any atom is 0.405 e. The smallest absolute Gasteiger partial charge is 0.405 e. The molecule has 1 atom stereocenters. The highest BCUT2D eigenvalue weighted by molar-refractivity contribution is 5.87. The Bertz CT molecular complexity index is 866. The number of aromatic nitrogens is 1. The summed E-state index contributed by atoms with van der Waals surface area (Å²) in [5.74, 6) is 0. The molecule has 2 N–H and O–H groups in total. The van der Waals surface area contributed by atoms with Crippen molar-refractivity contribution >= 4 is 17.0 Å². The van der Waals surface area contributed by atoms with Crippen LogP contribution in [-0.2, 0) is 4.74 Å². The Hall–Kier alpha value is -2.75. The van der Waals surface area contributed by atoms with Crippen molar-refractivity contribution in [1.82, 2.24) is 4.57 Å². The number of para-hydroxylation sites is 1. The van der Waals surface area contributed by atoms with Gasteiger partial charge in [0.25, 0.3) is 0 Å². The van der Waals surface area contributed by atoms with Crippen molar-refractivity contribution in [3.05, 3.63) is 60.7 Å². The van der Waals surface area contributed by atoms with Crippen molar-refractivity contribution in [3.63, 3.8) is 0 Å². The number of ether oxygens (including phenoxy) is 1. The molecule has 24 heavy (non-hydrogen) atoms. The van der Waals surface area contributed by atoms with Gasteiger partial charge in [-0.2, -0.15) is 0 Å². The Labute approximate surface area is 141 Å². The monoisotopic (exact) mass is 322 g/mol. The summed E-state index contributed by atoms with van der Waals surface area (Å²) >= 11 is 0.